The summed E-state index contributed by atoms with van der Waals surface area (Å²) in [6.45, 7) is 0.866. The Hall–Kier alpha value is -0.960. The summed E-state index contributed by atoms with van der Waals surface area (Å²) in [4.78, 5) is 0. The fraction of sp³-hybridized carbons (Fsp3) is 0.200. The lowest BCUT2D eigenvalue weighted by Crippen LogP contribution is -2.24. The third kappa shape index (κ3) is 3.52. The van der Waals surface area contributed by atoms with Crippen LogP contribution in [0.3, 0.4) is 0 Å². The predicted octanol–water partition coefficient (Wildman–Crippen LogP) is 3.95. The van der Waals surface area contributed by atoms with E-state index in [2.05, 4.69) is 54.3 Å². The van der Waals surface area contributed by atoms with Crippen molar-refractivity contribution in [2.45, 2.75) is 6.04 Å². The lowest BCUT2D eigenvalue weighted by molar-refractivity contribution is 0.635. The van der Waals surface area contributed by atoms with E-state index in [9.17, 15) is 0 Å². The molecule has 2 aromatic rings. The molecule has 0 bridgehead atoms. The number of rotatable bonds is 5. The van der Waals surface area contributed by atoms with Gasteiger partial charge in [0.2, 0.25) is 0 Å². The normalized spacial score (nSPS) is 12.3. The van der Waals surface area contributed by atoms with Gasteiger partial charge in [0.15, 0.2) is 0 Å². The van der Waals surface area contributed by atoms with Crippen LogP contribution in [0.5, 0.6) is 0 Å². The van der Waals surface area contributed by atoms with E-state index < -0.39 is 0 Å². The van der Waals surface area contributed by atoms with Gasteiger partial charge in [-0.3, -0.25) is 0 Å². The van der Waals surface area contributed by atoms with Crippen molar-refractivity contribution in [3.8, 4) is 0 Å². The predicted molar refractivity (Wildman–Crippen MR) is 81.6 cm³/mol. The smallest absolute Gasteiger partial charge is 0.0577 e. The van der Waals surface area contributed by atoms with Gasteiger partial charge in [0.25, 0.3) is 0 Å². The van der Waals surface area contributed by atoms with Crippen LogP contribution in [0, 0.1) is 0 Å². The summed E-state index contributed by atoms with van der Waals surface area (Å²) in [5, 5.41) is 4.27. The Labute approximate surface area is 119 Å². The molecule has 0 amide bonds. The lowest BCUT2D eigenvalue weighted by Gasteiger charge is -2.19. The average Bonchev–Trinajstić information content (AvgIpc) is 2.42. The number of thiol groups is 1. The van der Waals surface area contributed by atoms with Crippen molar-refractivity contribution in [3.05, 3.63) is 70.7 Å². The van der Waals surface area contributed by atoms with Gasteiger partial charge < -0.3 is 5.32 Å². The van der Waals surface area contributed by atoms with Crippen molar-refractivity contribution in [3.63, 3.8) is 0 Å². The molecule has 0 aromatic heterocycles. The molecule has 0 radical (unpaired) electrons. The molecular formula is C15H16ClNS. The maximum Gasteiger partial charge on any atom is 0.0577 e. The largest absolute Gasteiger partial charge is 0.305 e. The molecule has 0 heterocycles. The van der Waals surface area contributed by atoms with Crippen molar-refractivity contribution >= 4 is 24.2 Å². The Bertz CT molecular complexity index is 470. The zero-order valence-electron chi connectivity index (χ0n) is 10.0. The van der Waals surface area contributed by atoms with Gasteiger partial charge in [0.05, 0.1) is 6.04 Å². The zero-order valence-corrected chi connectivity index (χ0v) is 11.7. The van der Waals surface area contributed by atoms with Gasteiger partial charge in [-0.25, -0.2) is 0 Å². The summed E-state index contributed by atoms with van der Waals surface area (Å²) in [5.74, 6) is 0.816. The summed E-state index contributed by atoms with van der Waals surface area (Å²) in [6, 6.07) is 18.6. The second kappa shape index (κ2) is 6.83. The van der Waals surface area contributed by atoms with Crippen LogP contribution < -0.4 is 5.32 Å². The number of benzene rings is 2. The first-order valence-electron chi connectivity index (χ1n) is 5.96. The summed E-state index contributed by atoms with van der Waals surface area (Å²) in [7, 11) is 0. The topological polar surface area (TPSA) is 12.0 Å². The second-order valence-electron chi connectivity index (χ2n) is 4.07. The molecule has 1 unspecified atom stereocenters. The molecule has 2 aromatic carbocycles. The monoisotopic (exact) mass is 277 g/mol. The van der Waals surface area contributed by atoms with Gasteiger partial charge in [0, 0.05) is 17.3 Å². The summed E-state index contributed by atoms with van der Waals surface area (Å²) >= 11 is 10.2. The quantitative estimate of drug-likeness (QED) is 0.789. The molecular weight excluding hydrogens is 262 g/mol. The van der Waals surface area contributed by atoms with Gasteiger partial charge in [-0.1, -0.05) is 54.1 Å². The van der Waals surface area contributed by atoms with Crippen LogP contribution in [-0.2, 0) is 0 Å². The van der Waals surface area contributed by atoms with E-state index in [4.69, 9.17) is 11.6 Å². The Morgan fingerprint density at radius 3 is 2.17 bits per heavy atom. The van der Waals surface area contributed by atoms with Crippen LogP contribution in [0.2, 0.25) is 5.02 Å². The van der Waals surface area contributed by atoms with E-state index in [1.807, 2.05) is 18.2 Å². The van der Waals surface area contributed by atoms with Gasteiger partial charge in [-0.05, 0) is 23.3 Å². The van der Waals surface area contributed by atoms with E-state index in [-0.39, 0.29) is 6.04 Å². The highest BCUT2D eigenvalue weighted by Crippen LogP contribution is 2.23. The number of nitrogens with one attached hydrogen (secondary N) is 1. The van der Waals surface area contributed by atoms with Crippen molar-refractivity contribution in [1.82, 2.24) is 5.32 Å². The number of hydrogen-bond donors (Lipinski definition) is 2. The standard InChI is InChI=1S/C15H16ClNS/c16-14-8-6-13(7-9-14)15(17-10-11-18)12-4-2-1-3-5-12/h1-9,15,17-18H,10-11H2. The Morgan fingerprint density at radius 2 is 1.56 bits per heavy atom. The van der Waals surface area contributed by atoms with Crippen molar-refractivity contribution in [1.29, 1.82) is 0 Å². The summed E-state index contributed by atoms with van der Waals surface area (Å²) < 4.78 is 0. The summed E-state index contributed by atoms with van der Waals surface area (Å²) in [5.41, 5.74) is 2.47. The maximum absolute atomic E-state index is 5.93. The lowest BCUT2D eigenvalue weighted by atomic mass is 9.99. The molecule has 94 valence electrons. The molecule has 0 saturated carbocycles. The van der Waals surface area contributed by atoms with Crippen molar-refractivity contribution < 1.29 is 0 Å². The highest BCUT2D eigenvalue weighted by Gasteiger charge is 2.12. The first kappa shape index (κ1) is 13.5. The van der Waals surface area contributed by atoms with Gasteiger partial charge in [-0.15, -0.1) is 0 Å². The molecule has 1 atom stereocenters. The zero-order chi connectivity index (χ0) is 12.8. The maximum atomic E-state index is 5.93. The van der Waals surface area contributed by atoms with E-state index in [1.165, 1.54) is 11.1 Å². The fourth-order valence-electron chi connectivity index (χ4n) is 1.94. The second-order valence-corrected chi connectivity index (χ2v) is 4.96. The van der Waals surface area contributed by atoms with Gasteiger partial charge >= 0.3 is 0 Å². The average molecular weight is 278 g/mol. The SMILES string of the molecule is SCCNC(c1ccccc1)c1ccc(Cl)cc1. The Balaban J connectivity index is 2.27. The van der Waals surface area contributed by atoms with Gasteiger partial charge in [-0.2, -0.15) is 12.6 Å². The molecule has 0 aliphatic heterocycles. The van der Waals surface area contributed by atoms with E-state index >= 15 is 0 Å². The van der Waals surface area contributed by atoms with Crippen LogP contribution in [0.4, 0.5) is 0 Å². The highest BCUT2D eigenvalue weighted by molar-refractivity contribution is 7.80. The first-order chi connectivity index (χ1) is 8.81. The Kier molecular flexibility index (Phi) is 5.12. The minimum absolute atomic E-state index is 0.190. The van der Waals surface area contributed by atoms with Crippen LogP contribution in [0.15, 0.2) is 54.6 Å². The molecule has 0 spiro atoms. The minimum Gasteiger partial charge on any atom is -0.305 e. The minimum atomic E-state index is 0.190. The van der Waals surface area contributed by atoms with E-state index in [1.54, 1.807) is 0 Å². The van der Waals surface area contributed by atoms with Crippen LogP contribution >= 0.6 is 24.2 Å². The molecule has 0 fully saturated rings. The molecule has 2 rings (SSSR count). The van der Waals surface area contributed by atoms with Crippen LogP contribution in [0.25, 0.3) is 0 Å². The van der Waals surface area contributed by atoms with Crippen LogP contribution in [0.1, 0.15) is 17.2 Å². The Morgan fingerprint density at radius 1 is 0.944 bits per heavy atom. The number of halogens is 1. The van der Waals surface area contributed by atoms with Crippen molar-refractivity contribution in [2.75, 3.05) is 12.3 Å². The fourth-order valence-corrected chi connectivity index (χ4v) is 2.19. The highest BCUT2D eigenvalue weighted by atomic mass is 35.5. The molecule has 0 aliphatic rings. The third-order valence-electron chi connectivity index (χ3n) is 2.80. The molecule has 3 heteroatoms. The third-order valence-corrected chi connectivity index (χ3v) is 3.27. The van der Waals surface area contributed by atoms with E-state index in [0.717, 1.165) is 17.3 Å². The first-order valence-corrected chi connectivity index (χ1v) is 6.97. The van der Waals surface area contributed by atoms with Crippen molar-refractivity contribution in [2.24, 2.45) is 0 Å². The van der Waals surface area contributed by atoms with E-state index in [0.29, 0.717) is 0 Å². The summed E-state index contributed by atoms with van der Waals surface area (Å²) in [6.07, 6.45) is 0. The van der Waals surface area contributed by atoms with Gasteiger partial charge in [0.1, 0.15) is 0 Å². The molecule has 1 N–H and O–H groups in total. The molecule has 1 nitrogen and oxygen atoms in total. The molecule has 18 heavy (non-hydrogen) atoms. The molecule has 0 aliphatic carbocycles. The number of hydrogen-bond acceptors (Lipinski definition) is 2. The van der Waals surface area contributed by atoms with Crippen LogP contribution in [-0.4, -0.2) is 12.3 Å². The molecule has 0 saturated heterocycles.